The van der Waals surface area contributed by atoms with E-state index in [1.165, 1.54) is 74.6 Å². The molecular formula is C18H28N+. The van der Waals surface area contributed by atoms with E-state index in [1.54, 1.807) is 5.56 Å². The first-order chi connectivity index (χ1) is 9.25. The van der Waals surface area contributed by atoms with Crippen molar-refractivity contribution in [3.63, 3.8) is 0 Å². The monoisotopic (exact) mass is 258 g/mol. The number of likely N-dealkylation sites (tertiary alicyclic amines) is 1. The Bertz CT molecular complexity index is 394. The molecule has 1 heteroatoms. The highest BCUT2D eigenvalue weighted by Gasteiger charge is 2.26. The number of rotatable bonds is 3. The van der Waals surface area contributed by atoms with Crippen LogP contribution in [0.1, 0.15) is 62.0 Å². The Hall–Kier alpha value is -0.820. The molecule has 0 spiro atoms. The molecule has 1 aliphatic heterocycles. The first-order valence-electron chi connectivity index (χ1n) is 8.18. The molecular weight excluding hydrogens is 230 g/mol. The largest absolute Gasteiger partial charge is 0.322 e. The topological polar surface area (TPSA) is 0 Å². The molecule has 0 radical (unpaired) electrons. The molecule has 1 aromatic rings. The van der Waals surface area contributed by atoms with Gasteiger partial charge in [-0.1, -0.05) is 43.5 Å². The number of quaternary nitrogens is 1. The normalized spacial score (nSPS) is 23.6. The Morgan fingerprint density at radius 3 is 2.16 bits per heavy atom. The fraction of sp³-hybridized carbons (Fsp3) is 0.667. The van der Waals surface area contributed by atoms with E-state index in [-0.39, 0.29) is 0 Å². The predicted molar refractivity (Wildman–Crippen MR) is 81.1 cm³/mol. The van der Waals surface area contributed by atoms with Crippen LogP contribution in [0, 0.1) is 0 Å². The summed E-state index contributed by atoms with van der Waals surface area (Å²) in [6, 6.07) is 9.61. The van der Waals surface area contributed by atoms with Gasteiger partial charge in [0.1, 0.15) is 6.54 Å². The van der Waals surface area contributed by atoms with Crippen molar-refractivity contribution in [2.24, 2.45) is 0 Å². The van der Waals surface area contributed by atoms with Crippen LogP contribution in [0.3, 0.4) is 0 Å². The fourth-order valence-corrected chi connectivity index (χ4v) is 4.03. The first kappa shape index (κ1) is 13.2. The van der Waals surface area contributed by atoms with E-state index in [2.05, 4.69) is 31.3 Å². The first-order valence-corrected chi connectivity index (χ1v) is 8.18. The SMILES string of the molecule is C[N+]1(Cc2ccc(C3CCCCC3)cc2)CCCC1. The third-order valence-electron chi connectivity index (χ3n) is 5.27. The van der Waals surface area contributed by atoms with E-state index < -0.39 is 0 Å². The highest BCUT2D eigenvalue weighted by molar-refractivity contribution is 5.25. The van der Waals surface area contributed by atoms with E-state index in [1.807, 2.05) is 0 Å². The Kier molecular flexibility index (Phi) is 3.93. The lowest BCUT2D eigenvalue weighted by molar-refractivity contribution is -0.910. The summed E-state index contributed by atoms with van der Waals surface area (Å²) in [4.78, 5) is 0. The van der Waals surface area contributed by atoms with Crippen LogP contribution in [0.15, 0.2) is 24.3 Å². The fourth-order valence-electron chi connectivity index (χ4n) is 4.03. The third kappa shape index (κ3) is 3.20. The highest BCUT2D eigenvalue weighted by atomic mass is 15.3. The Morgan fingerprint density at radius 1 is 0.895 bits per heavy atom. The van der Waals surface area contributed by atoms with Gasteiger partial charge in [-0.25, -0.2) is 0 Å². The Labute approximate surface area is 118 Å². The second kappa shape index (κ2) is 5.66. The lowest BCUT2D eigenvalue weighted by atomic mass is 9.84. The minimum Gasteiger partial charge on any atom is -0.322 e. The maximum absolute atomic E-state index is 2.42. The van der Waals surface area contributed by atoms with E-state index in [9.17, 15) is 0 Å². The molecule has 0 amide bonds. The minimum atomic E-state index is 0.847. The summed E-state index contributed by atoms with van der Waals surface area (Å²) in [6.07, 6.45) is 9.96. The van der Waals surface area contributed by atoms with Gasteiger partial charge < -0.3 is 4.48 Å². The molecule has 1 nitrogen and oxygen atoms in total. The van der Waals surface area contributed by atoms with Crippen molar-refractivity contribution >= 4 is 0 Å². The zero-order chi connectivity index (χ0) is 13.1. The zero-order valence-corrected chi connectivity index (χ0v) is 12.4. The van der Waals surface area contributed by atoms with Crippen LogP contribution < -0.4 is 0 Å². The quantitative estimate of drug-likeness (QED) is 0.701. The number of benzene rings is 1. The van der Waals surface area contributed by atoms with Crippen LogP contribution in [0.25, 0.3) is 0 Å². The van der Waals surface area contributed by atoms with Gasteiger partial charge in [-0.3, -0.25) is 0 Å². The van der Waals surface area contributed by atoms with Gasteiger partial charge in [0.05, 0.1) is 20.1 Å². The van der Waals surface area contributed by atoms with Gasteiger partial charge >= 0.3 is 0 Å². The molecule has 3 rings (SSSR count). The van der Waals surface area contributed by atoms with Crippen LogP contribution >= 0.6 is 0 Å². The predicted octanol–water partition coefficient (Wildman–Crippen LogP) is 4.47. The molecule has 0 aromatic heterocycles. The third-order valence-corrected chi connectivity index (χ3v) is 5.27. The van der Waals surface area contributed by atoms with Crippen molar-refractivity contribution in [1.29, 1.82) is 0 Å². The summed E-state index contributed by atoms with van der Waals surface area (Å²) in [5.74, 6) is 0.847. The minimum absolute atomic E-state index is 0.847. The zero-order valence-electron chi connectivity index (χ0n) is 12.4. The lowest BCUT2D eigenvalue weighted by Gasteiger charge is -2.29. The molecule has 0 bridgehead atoms. The van der Waals surface area contributed by atoms with Gasteiger partial charge in [-0.15, -0.1) is 0 Å². The van der Waals surface area contributed by atoms with Gasteiger partial charge in [0.2, 0.25) is 0 Å². The highest BCUT2D eigenvalue weighted by Crippen LogP contribution is 2.32. The number of nitrogens with zero attached hydrogens (tertiary/aromatic N) is 1. The van der Waals surface area contributed by atoms with E-state index in [4.69, 9.17) is 0 Å². The second-order valence-electron chi connectivity index (χ2n) is 7.01. The molecule has 1 heterocycles. The van der Waals surface area contributed by atoms with Gasteiger partial charge in [0.15, 0.2) is 0 Å². The molecule has 0 atom stereocenters. The molecule has 104 valence electrons. The van der Waals surface area contributed by atoms with Crippen molar-refractivity contribution in [2.45, 2.75) is 57.4 Å². The standard InChI is InChI=1S/C18H28N/c1-19(13-5-6-14-19)15-16-9-11-18(12-10-16)17-7-3-2-4-8-17/h9-12,17H,2-8,13-15H2,1H3/q+1. The van der Waals surface area contributed by atoms with E-state index in [0.29, 0.717) is 0 Å². The van der Waals surface area contributed by atoms with Crippen molar-refractivity contribution in [2.75, 3.05) is 20.1 Å². The lowest BCUT2D eigenvalue weighted by Crippen LogP contribution is -2.39. The Morgan fingerprint density at radius 2 is 1.53 bits per heavy atom. The molecule has 2 fully saturated rings. The molecule has 2 aliphatic rings. The van der Waals surface area contributed by atoms with Crippen molar-refractivity contribution in [1.82, 2.24) is 0 Å². The molecule has 19 heavy (non-hydrogen) atoms. The summed E-state index contributed by atoms with van der Waals surface area (Å²) < 4.78 is 1.25. The van der Waals surface area contributed by atoms with Gasteiger partial charge in [-0.05, 0) is 24.3 Å². The average molecular weight is 258 g/mol. The molecule has 1 saturated heterocycles. The summed E-state index contributed by atoms with van der Waals surface area (Å²) in [5.41, 5.74) is 3.12. The van der Waals surface area contributed by atoms with Crippen LogP contribution in [-0.4, -0.2) is 24.6 Å². The molecule has 1 aromatic carbocycles. The summed E-state index contributed by atoms with van der Waals surface area (Å²) in [5, 5.41) is 0. The molecule has 1 aliphatic carbocycles. The summed E-state index contributed by atoms with van der Waals surface area (Å²) >= 11 is 0. The maximum atomic E-state index is 2.42. The van der Waals surface area contributed by atoms with Gasteiger partial charge in [0.25, 0.3) is 0 Å². The maximum Gasteiger partial charge on any atom is 0.104 e. The molecule has 1 saturated carbocycles. The van der Waals surface area contributed by atoms with Crippen molar-refractivity contribution in [3.05, 3.63) is 35.4 Å². The average Bonchev–Trinajstić information content (AvgIpc) is 2.87. The smallest absolute Gasteiger partial charge is 0.104 e. The summed E-state index contributed by atoms with van der Waals surface area (Å²) in [7, 11) is 2.42. The van der Waals surface area contributed by atoms with Gasteiger partial charge in [-0.2, -0.15) is 0 Å². The van der Waals surface area contributed by atoms with Crippen LogP contribution in [0.2, 0.25) is 0 Å². The van der Waals surface area contributed by atoms with Crippen molar-refractivity contribution in [3.8, 4) is 0 Å². The molecule has 0 N–H and O–H groups in total. The van der Waals surface area contributed by atoms with Crippen LogP contribution in [-0.2, 0) is 6.54 Å². The molecule has 0 unspecified atom stereocenters. The van der Waals surface area contributed by atoms with Gasteiger partial charge in [0, 0.05) is 18.4 Å². The van der Waals surface area contributed by atoms with E-state index in [0.717, 1.165) is 5.92 Å². The number of hydrogen-bond acceptors (Lipinski definition) is 0. The van der Waals surface area contributed by atoms with Crippen molar-refractivity contribution < 1.29 is 4.48 Å². The van der Waals surface area contributed by atoms with Crippen LogP contribution in [0.5, 0.6) is 0 Å². The summed E-state index contributed by atoms with van der Waals surface area (Å²) in [6.45, 7) is 3.96. The Balaban J connectivity index is 1.65. The van der Waals surface area contributed by atoms with Crippen LogP contribution in [0.4, 0.5) is 0 Å². The van der Waals surface area contributed by atoms with E-state index >= 15 is 0 Å². The second-order valence-corrected chi connectivity index (χ2v) is 7.01. The number of hydrogen-bond donors (Lipinski definition) is 0.